The first kappa shape index (κ1) is 13.0. The van der Waals surface area contributed by atoms with Gasteiger partial charge in [0.15, 0.2) is 5.60 Å². The van der Waals surface area contributed by atoms with E-state index in [9.17, 15) is 10.4 Å². The van der Waals surface area contributed by atoms with Crippen molar-refractivity contribution >= 4 is 0 Å². The van der Waals surface area contributed by atoms with Gasteiger partial charge in [0.1, 0.15) is 17.9 Å². The third-order valence-electron chi connectivity index (χ3n) is 7.31. The number of ether oxygens (including phenoxy) is 1. The van der Waals surface area contributed by atoms with Crippen LogP contribution in [0, 0.1) is 28.6 Å². The number of benzene rings is 1. The molecule has 1 aromatic rings. The first-order valence-corrected chi connectivity index (χ1v) is 8.50. The number of hydrogen-bond acceptors (Lipinski definition) is 3. The van der Waals surface area contributed by atoms with E-state index in [1.54, 1.807) is 0 Å². The minimum atomic E-state index is -0.474. The lowest BCUT2D eigenvalue weighted by molar-refractivity contribution is -0.0158. The predicted molar refractivity (Wildman–Crippen MR) is 81.3 cm³/mol. The number of phenolic OH excluding ortho intramolecular Hbond substituents is 1. The average Bonchev–Trinajstić information content (AvgIpc) is 3.18. The highest BCUT2D eigenvalue weighted by Gasteiger charge is 2.77. The molecular weight excluding hydrogens is 274 g/mol. The first-order valence-electron chi connectivity index (χ1n) is 8.50. The van der Waals surface area contributed by atoms with Gasteiger partial charge in [-0.15, -0.1) is 0 Å². The summed E-state index contributed by atoms with van der Waals surface area (Å²) in [6.45, 7) is 2.30. The van der Waals surface area contributed by atoms with E-state index in [4.69, 9.17) is 4.74 Å². The van der Waals surface area contributed by atoms with Gasteiger partial charge in [-0.05, 0) is 73.1 Å². The van der Waals surface area contributed by atoms with Gasteiger partial charge in [-0.3, -0.25) is 0 Å². The third kappa shape index (κ3) is 1.32. The Morgan fingerprint density at radius 3 is 3.05 bits per heavy atom. The van der Waals surface area contributed by atoms with Crippen molar-refractivity contribution in [1.82, 2.24) is 0 Å². The van der Waals surface area contributed by atoms with Crippen molar-refractivity contribution in [3.05, 3.63) is 29.3 Å². The topological polar surface area (TPSA) is 56.5 Å². The van der Waals surface area contributed by atoms with E-state index in [1.807, 2.05) is 12.1 Å². The molecule has 6 atom stereocenters. The molecule has 2 saturated carbocycles. The molecule has 0 spiro atoms. The van der Waals surface area contributed by atoms with Gasteiger partial charge in [-0.2, -0.15) is 5.26 Å². The SMILES string of the molecule is C[C@]12CC[C@@H]3c4ccc(O)cc4CC[C@H]3[C@@H]1CC1OC12C#N. The zero-order chi connectivity index (χ0) is 15.1. The molecule has 1 saturated heterocycles. The number of aromatic hydroxyl groups is 1. The van der Waals surface area contributed by atoms with Gasteiger partial charge in [0.25, 0.3) is 0 Å². The molecule has 4 aliphatic rings. The van der Waals surface area contributed by atoms with E-state index < -0.39 is 5.60 Å². The second-order valence-corrected chi connectivity index (χ2v) is 7.94. The molecular formula is C19H21NO2. The molecule has 1 aliphatic heterocycles. The lowest BCUT2D eigenvalue weighted by atomic mass is 9.53. The summed E-state index contributed by atoms with van der Waals surface area (Å²) in [6.07, 6.45) is 5.74. The van der Waals surface area contributed by atoms with Crippen LogP contribution < -0.4 is 0 Å². The Hall–Kier alpha value is -1.53. The quantitative estimate of drug-likeness (QED) is 0.745. The molecule has 3 nitrogen and oxygen atoms in total. The van der Waals surface area contributed by atoms with Crippen molar-refractivity contribution in [3.8, 4) is 11.8 Å². The van der Waals surface area contributed by atoms with Gasteiger partial charge in [0, 0.05) is 5.41 Å². The molecule has 1 aromatic carbocycles. The minimum Gasteiger partial charge on any atom is -0.508 e. The Morgan fingerprint density at radius 2 is 2.23 bits per heavy atom. The van der Waals surface area contributed by atoms with Crippen LogP contribution >= 0.6 is 0 Å². The maximum Gasteiger partial charge on any atom is 0.186 e. The highest BCUT2D eigenvalue weighted by Crippen LogP contribution is 2.71. The molecule has 0 aromatic heterocycles. The summed E-state index contributed by atoms with van der Waals surface area (Å²) < 4.78 is 5.83. The molecule has 0 bridgehead atoms. The predicted octanol–water partition coefficient (Wildman–Crippen LogP) is 3.52. The molecule has 3 heteroatoms. The second-order valence-electron chi connectivity index (χ2n) is 7.94. The number of nitrogens with zero attached hydrogens (tertiary/aromatic N) is 1. The Morgan fingerprint density at radius 1 is 1.36 bits per heavy atom. The molecule has 2 unspecified atom stereocenters. The van der Waals surface area contributed by atoms with E-state index >= 15 is 0 Å². The third-order valence-corrected chi connectivity index (χ3v) is 7.31. The van der Waals surface area contributed by atoms with Gasteiger partial charge in [0.05, 0.1) is 0 Å². The molecule has 114 valence electrons. The van der Waals surface area contributed by atoms with Crippen molar-refractivity contribution in [2.75, 3.05) is 0 Å². The van der Waals surface area contributed by atoms with Crippen LogP contribution in [-0.2, 0) is 11.2 Å². The Bertz CT molecular complexity index is 708. The summed E-state index contributed by atoms with van der Waals surface area (Å²) >= 11 is 0. The largest absolute Gasteiger partial charge is 0.508 e. The van der Waals surface area contributed by atoms with Crippen LogP contribution in [0.4, 0.5) is 0 Å². The van der Waals surface area contributed by atoms with Crippen LogP contribution in [0.5, 0.6) is 5.75 Å². The highest BCUT2D eigenvalue weighted by atomic mass is 16.6. The summed E-state index contributed by atoms with van der Waals surface area (Å²) in [6, 6.07) is 8.44. The van der Waals surface area contributed by atoms with Crippen molar-refractivity contribution < 1.29 is 9.84 Å². The Kier molecular flexibility index (Phi) is 2.28. The lowest BCUT2D eigenvalue weighted by Crippen LogP contribution is -2.46. The van der Waals surface area contributed by atoms with Crippen LogP contribution in [0.2, 0.25) is 0 Å². The highest BCUT2D eigenvalue weighted by molar-refractivity contribution is 5.41. The van der Waals surface area contributed by atoms with Crippen molar-refractivity contribution in [3.63, 3.8) is 0 Å². The number of aryl methyl sites for hydroxylation is 1. The van der Waals surface area contributed by atoms with Crippen molar-refractivity contribution in [1.29, 1.82) is 5.26 Å². The van der Waals surface area contributed by atoms with Crippen LogP contribution in [0.3, 0.4) is 0 Å². The van der Waals surface area contributed by atoms with E-state index in [2.05, 4.69) is 19.1 Å². The normalized spacial score (nSPS) is 47.6. The van der Waals surface area contributed by atoms with Gasteiger partial charge in [-0.25, -0.2) is 0 Å². The maximum absolute atomic E-state index is 9.73. The summed E-state index contributed by atoms with van der Waals surface area (Å²) in [7, 11) is 0. The van der Waals surface area contributed by atoms with Gasteiger partial charge in [0.2, 0.25) is 0 Å². The Labute approximate surface area is 130 Å². The molecule has 3 aliphatic carbocycles. The average molecular weight is 295 g/mol. The van der Waals surface area contributed by atoms with Gasteiger partial charge < -0.3 is 9.84 Å². The lowest BCUT2D eigenvalue weighted by Gasteiger charge is -2.50. The van der Waals surface area contributed by atoms with E-state index in [1.165, 1.54) is 17.5 Å². The zero-order valence-electron chi connectivity index (χ0n) is 12.9. The fraction of sp³-hybridized carbons (Fsp3) is 0.632. The van der Waals surface area contributed by atoms with E-state index in [0.29, 0.717) is 23.5 Å². The van der Waals surface area contributed by atoms with Crippen molar-refractivity contribution in [2.24, 2.45) is 17.3 Å². The Balaban J connectivity index is 1.54. The number of fused-ring (bicyclic) bond motifs is 7. The molecule has 22 heavy (non-hydrogen) atoms. The van der Waals surface area contributed by atoms with Crippen LogP contribution in [-0.4, -0.2) is 16.8 Å². The standard InChI is InChI=1S/C19H21NO2/c1-18-7-6-14-13-5-3-12(21)8-11(13)2-4-15(14)16(18)9-17-19(18,10-20)22-17/h3,5,8,14-17,21H,2,4,6-7,9H2,1H3/t14-,15-,16+,17?,18+,19?/m1/s1. The smallest absolute Gasteiger partial charge is 0.186 e. The summed E-state index contributed by atoms with van der Waals surface area (Å²) in [5, 5.41) is 19.4. The van der Waals surface area contributed by atoms with E-state index in [-0.39, 0.29) is 11.5 Å². The molecule has 1 N–H and O–H groups in total. The summed E-state index contributed by atoms with van der Waals surface area (Å²) in [5.74, 6) is 2.29. The maximum atomic E-state index is 9.73. The molecule has 3 fully saturated rings. The van der Waals surface area contributed by atoms with Gasteiger partial charge in [-0.1, -0.05) is 13.0 Å². The van der Waals surface area contributed by atoms with E-state index in [0.717, 1.165) is 25.7 Å². The number of epoxide rings is 1. The summed E-state index contributed by atoms with van der Waals surface area (Å²) in [4.78, 5) is 0. The number of nitriles is 1. The van der Waals surface area contributed by atoms with Gasteiger partial charge >= 0.3 is 0 Å². The number of hydrogen-bond donors (Lipinski definition) is 1. The van der Waals surface area contributed by atoms with Crippen LogP contribution in [0.15, 0.2) is 18.2 Å². The summed E-state index contributed by atoms with van der Waals surface area (Å²) in [5.41, 5.74) is 2.35. The molecule has 0 radical (unpaired) electrons. The first-order chi connectivity index (χ1) is 10.6. The number of rotatable bonds is 0. The fourth-order valence-electron chi connectivity index (χ4n) is 6.15. The van der Waals surface area contributed by atoms with Crippen LogP contribution in [0.25, 0.3) is 0 Å². The van der Waals surface area contributed by atoms with Crippen molar-refractivity contribution in [2.45, 2.75) is 56.7 Å². The minimum absolute atomic E-state index is 0.0437. The van der Waals surface area contributed by atoms with Crippen LogP contribution in [0.1, 0.15) is 49.7 Å². The molecule has 0 amide bonds. The molecule has 5 rings (SSSR count). The molecule has 1 heterocycles. The zero-order valence-corrected chi connectivity index (χ0v) is 12.9. The monoisotopic (exact) mass is 295 g/mol. The second kappa shape index (κ2) is 3.86. The fourth-order valence-corrected chi connectivity index (χ4v) is 6.15. The number of phenols is 1.